The van der Waals surface area contributed by atoms with Crippen molar-refractivity contribution < 1.29 is 63.0 Å². The number of benzene rings is 1. The van der Waals surface area contributed by atoms with Crippen molar-refractivity contribution in [2.24, 2.45) is 56.4 Å². The maximum atomic E-state index is 14.6. The first kappa shape index (κ1) is 73.6. The summed E-state index contributed by atoms with van der Waals surface area (Å²) in [5.74, 6) is -11.0. The predicted molar refractivity (Wildman–Crippen MR) is 327 cm³/mol. The van der Waals surface area contributed by atoms with Crippen LogP contribution in [0, 0.1) is 17.8 Å². The number of aromatic nitrogens is 1. The zero-order valence-electron chi connectivity index (χ0n) is 51.4. The van der Waals surface area contributed by atoms with Gasteiger partial charge in [0.2, 0.25) is 59.1 Å². The van der Waals surface area contributed by atoms with Gasteiger partial charge in [0.05, 0.1) is 6.61 Å². The number of carbonyl (C=O) groups excluding carboxylic acids is 10. The minimum absolute atomic E-state index is 0.00440. The molecule has 1 fully saturated rings. The minimum Gasteiger partial charge on any atom is -0.480 e. The van der Waals surface area contributed by atoms with Gasteiger partial charge < -0.3 is 97.0 Å². The van der Waals surface area contributed by atoms with E-state index in [1.807, 2.05) is 24.3 Å². The van der Waals surface area contributed by atoms with Gasteiger partial charge in [0.15, 0.2) is 11.9 Å². The highest BCUT2D eigenvalue weighted by Gasteiger charge is 2.38. The minimum atomic E-state index is -1.60. The fourth-order valence-electron chi connectivity index (χ4n) is 9.48. The number of carboxylic acid groups (broad SMARTS) is 1. The number of unbranched alkanes of at least 4 members (excludes halogenated alkanes) is 1. The number of carboxylic acids is 1. The molecule has 0 radical (unpaired) electrons. The van der Waals surface area contributed by atoms with E-state index in [2.05, 4.69) is 68.1 Å². The number of nitrogens with two attached hydrogens (primary N) is 5. The third-order valence-corrected chi connectivity index (χ3v) is 14.7. The summed E-state index contributed by atoms with van der Waals surface area (Å²) in [5, 5.41) is 46.3. The van der Waals surface area contributed by atoms with E-state index in [0.717, 1.165) is 10.9 Å². The van der Waals surface area contributed by atoms with Crippen LogP contribution < -0.4 is 81.8 Å². The number of aliphatic carboxylic acids is 1. The quantitative estimate of drug-likeness (QED) is 0.0175. The average Bonchev–Trinajstić information content (AvgIpc) is 3.31. The Morgan fingerprint density at radius 1 is 0.614 bits per heavy atom. The summed E-state index contributed by atoms with van der Waals surface area (Å²) in [6.45, 7) is 10.8. The molecule has 1 aromatic carbocycles. The molecular weight excluding hydrogens is 1140 g/mol. The Hall–Kier alpha value is -8.61. The molecule has 88 heavy (non-hydrogen) atoms. The molecule has 1 saturated heterocycles. The smallest absolute Gasteiger partial charge is 0.325 e. The Morgan fingerprint density at radius 2 is 1.10 bits per heavy atom. The molecule has 0 bridgehead atoms. The molecule has 0 saturated carbocycles. The summed E-state index contributed by atoms with van der Waals surface area (Å²) >= 11 is 0. The third kappa shape index (κ3) is 24.6. The number of aromatic amines is 1. The molecule has 23 N–H and O–H groups in total. The lowest BCUT2D eigenvalue weighted by molar-refractivity contribution is -0.142. The van der Waals surface area contributed by atoms with Crippen molar-refractivity contribution in [3.8, 4) is 0 Å². The van der Waals surface area contributed by atoms with Crippen molar-refractivity contribution in [3.05, 3.63) is 36.0 Å². The second-order valence-electron chi connectivity index (χ2n) is 22.8. The van der Waals surface area contributed by atoms with Crippen LogP contribution in [-0.4, -0.2) is 179 Å². The molecule has 0 spiro atoms. The van der Waals surface area contributed by atoms with E-state index in [9.17, 15) is 63.0 Å². The van der Waals surface area contributed by atoms with Gasteiger partial charge >= 0.3 is 5.97 Å². The van der Waals surface area contributed by atoms with Crippen molar-refractivity contribution in [2.75, 3.05) is 26.2 Å². The highest BCUT2D eigenvalue weighted by Crippen LogP contribution is 2.21. The van der Waals surface area contributed by atoms with Crippen molar-refractivity contribution in [3.63, 3.8) is 0 Å². The summed E-state index contributed by atoms with van der Waals surface area (Å²) in [4.78, 5) is 161. The first-order valence-corrected chi connectivity index (χ1v) is 29.8. The van der Waals surface area contributed by atoms with Crippen LogP contribution in [0.4, 0.5) is 0 Å². The van der Waals surface area contributed by atoms with Crippen molar-refractivity contribution in [1.29, 1.82) is 0 Å². The number of para-hydroxylation sites is 1. The van der Waals surface area contributed by atoms with Crippen LogP contribution >= 0.6 is 0 Å². The second-order valence-corrected chi connectivity index (χ2v) is 22.8. The van der Waals surface area contributed by atoms with Gasteiger partial charge in [0.1, 0.15) is 60.4 Å². The number of aliphatic hydroxyl groups excluding tert-OH is 1. The van der Waals surface area contributed by atoms with Gasteiger partial charge in [-0.25, -0.2) is 0 Å². The highest BCUT2D eigenvalue weighted by atomic mass is 16.4. The molecule has 1 aliphatic rings. The maximum absolute atomic E-state index is 14.6. The molecule has 1 aliphatic heterocycles. The number of hydrogen-bond acceptors (Lipinski definition) is 15. The fourth-order valence-corrected chi connectivity index (χ4v) is 9.48. The van der Waals surface area contributed by atoms with Gasteiger partial charge in [-0.3, -0.25) is 62.7 Å². The highest BCUT2D eigenvalue weighted by molar-refractivity contribution is 5.99. The number of hydrogen-bond donors (Lipinski definition) is 18. The first-order valence-electron chi connectivity index (χ1n) is 29.8. The molecule has 10 amide bonds. The predicted octanol–water partition coefficient (Wildman–Crippen LogP) is -3.57. The van der Waals surface area contributed by atoms with Crippen LogP contribution in [0.1, 0.15) is 125 Å². The maximum Gasteiger partial charge on any atom is 0.325 e. The Bertz CT molecular complexity index is 2760. The van der Waals surface area contributed by atoms with Gasteiger partial charge in [-0.15, -0.1) is 0 Å². The third-order valence-electron chi connectivity index (χ3n) is 14.7. The molecule has 31 heteroatoms. The van der Waals surface area contributed by atoms with Gasteiger partial charge in [-0.1, -0.05) is 66.2 Å². The van der Waals surface area contributed by atoms with E-state index in [4.69, 9.17) is 28.7 Å². The fraction of sp³-hybridized carbons (Fsp3) is 0.632. The lowest BCUT2D eigenvalue weighted by atomic mass is 9.96. The van der Waals surface area contributed by atoms with Crippen LogP contribution in [0.25, 0.3) is 10.9 Å². The van der Waals surface area contributed by atoms with Crippen molar-refractivity contribution in [1.82, 2.24) is 58.2 Å². The number of nitrogens with zero attached hydrogens (tertiary/aromatic N) is 2. The SMILES string of the molecule is CC[C@H](C)[C@H](NC(=O)[C@H](CCCCN)NC(=O)[C@H](Cc1c[nH]c2ccccc12)NC(=O)C1CCC(=O)N1)C(=O)N[C@@H](CCCN=C(N)N)C(=O)N[C@H](C(=O)N[C@@H](CCCN=C(N)N)C(=O)N[C@@H](CC(C)C)C(=O)N[C@@H](CO)C(=O)N[C@@H](C)C(=O)O)C(C)C. The first-order chi connectivity index (χ1) is 41.6. The van der Waals surface area contributed by atoms with Crippen molar-refractivity contribution in [2.45, 2.75) is 186 Å². The summed E-state index contributed by atoms with van der Waals surface area (Å²) in [6, 6.07) is -5.82. The number of H-pyrrole nitrogens is 1. The number of guanidine groups is 2. The summed E-state index contributed by atoms with van der Waals surface area (Å²) in [7, 11) is 0. The Kier molecular flexibility index (Phi) is 31.1. The van der Waals surface area contributed by atoms with Crippen molar-refractivity contribution >= 4 is 87.9 Å². The molecule has 11 atom stereocenters. The normalized spacial score (nSPS) is 16.3. The molecule has 490 valence electrons. The Morgan fingerprint density at radius 3 is 1.61 bits per heavy atom. The number of carbonyl (C=O) groups is 11. The number of nitrogens with one attached hydrogen (secondary N) is 11. The largest absolute Gasteiger partial charge is 0.480 e. The Labute approximate surface area is 512 Å². The zero-order valence-corrected chi connectivity index (χ0v) is 51.4. The Balaban J connectivity index is 1.94. The van der Waals surface area contributed by atoms with Crippen LogP contribution in [0.3, 0.4) is 0 Å². The number of amides is 10. The van der Waals surface area contributed by atoms with E-state index >= 15 is 0 Å². The number of aliphatic hydroxyl groups is 1. The summed E-state index contributed by atoms with van der Waals surface area (Å²) < 4.78 is 0. The molecule has 31 nitrogen and oxygen atoms in total. The number of rotatable bonds is 39. The molecule has 1 aromatic heterocycles. The lowest BCUT2D eigenvalue weighted by Gasteiger charge is -2.30. The van der Waals surface area contributed by atoms with E-state index in [1.54, 1.807) is 47.7 Å². The van der Waals surface area contributed by atoms with Crippen LogP contribution in [0.15, 0.2) is 40.4 Å². The van der Waals surface area contributed by atoms with E-state index < -0.39 is 138 Å². The van der Waals surface area contributed by atoms with Gasteiger partial charge in [0.25, 0.3) is 0 Å². The lowest BCUT2D eigenvalue weighted by Crippen LogP contribution is -2.62. The second kappa shape index (κ2) is 37.2. The molecule has 2 aromatic rings. The van der Waals surface area contributed by atoms with E-state index in [-0.39, 0.29) is 101 Å². The summed E-state index contributed by atoms with van der Waals surface area (Å²) in [5.41, 5.74) is 29.5. The molecular formula is C57H94N18O13. The average molecular weight is 1240 g/mol. The summed E-state index contributed by atoms with van der Waals surface area (Å²) in [6.07, 6.45) is 3.36. The van der Waals surface area contributed by atoms with Crippen LogP contribution in [0.2, 0.25) is 0 Å². The molecule has 0 aliphatic carbocycles. The topological polar surface area (TPSA) is 519 Å². The molecule has 1 unspecified atom stereocenters. The van der Waals surface area contributed by atoms with Gasteiger partial charge in [0, 0.05) is 43.0 Å². The number of aliphatic imine (C=N–C) groups is 2. The van der Waals surface area contributed by atoms with Gasteiger partial charge in [-0.2, -0.15) is 0 Å². The van der Waals surface area contributed by atoms with Crippen LogP contribution in [-0.2, 0) is 59.2 Å². The molecule has 3 rings (SSSR count). The molecule has 2 heterocycles. The monoisotopic (exact) mass is 1240 g/mol. The van der Waals surface area contributed by atoms with Gasteiger partial charge in [-0.05, 0) is 101 Å². The van der Waals surface area contributed by atoms with E-state index in [0.29, 0.717) is 24.8 Å². The zero-order chi connectivity index (χ0) is 65.8. The number of fused-ring (bicyclic) bond motifs is 1. The van der Waals surface area contributed by atoms with Crippen LogP contribution in [0.5, 0.6) is 0 Å². The standard InChI is InChI=1S/C57H94N18O13/c1-8-31(6)45(75-49(81)36(17-11-12-22-58)68-51(83)41(72-47(79)39-20-21-43(77)67-39)26-33-27-65-35-16-10-9-15-34(33)35)54(86)70-38(19-14-24-64-57(61)62)48(80)74-44(30(4)5)53(85)69-37(18-13-23-63-56(59)60)46(78)71-40(25-29(2)3)50(82)73-42(28-76)52(84)66-32(7)55(87)88/h9-10,15-16,27,29-32,36-42,44-45,65,76H,8,11-14,17-26,28,58H2,1-7H3,(H,66,84)(H,67,77)(H,68,83)(H,69,85)(H,70,86)(H,71,78)(H,72,79)(H,73,82)(H,74,80)(H,75,81)(H,87,88)(H4,59,60,63)(H4,61,62,64)/t31-,32-,36-,37-,38-,39?,40-,41-,42-,44-,45-/m0/s1. The van der Waals surface area contributed by atoms with E-state index in [1.165, 1.54) is 6.92 Å².